The fraction of sp³-hybridized carbons (Fsp3) is 0.562. The van der Waals surface area contributed by atoms with Crippen LogP contribution in [0.15, 0.2) is 22.7 Å². The van der Waals surface area contributed by atoms with Crippen LogP contribution in [-0.4, -0.2) is 36.8 Å². The fourth-order valence-electron chi connectivity index (χ4n) is 4.27. The van der Waals surface area contributed by atoms with Gasteiger partial charge in [-0.2, -0.15) is 0 Å². The Balaban J connectivity index is 2.13. The first-order valence-electron chi connectivity index (χ1n) is 7.84. The van der Waals surface area contributed by atoms with E-state index in [1.165, 1.54) is 0 Å². The van der Waals surface area contributed by atoms with Crippen molar-refractivity contribution in [1.82, 2.24) is 0 Å². The van der Waals surface area contributed by atoms with Gasteiger partial charge in [0, 0.05) is 33.8 Å². The Morgan fingerprint density at radius 3 is 2.74 bits per heavy atom. The second-order valence-electron chi connectivity index (χ2n) is 7.02. The van der Waals surface area contributed by atoms with Crippen molar-refractivity contribution in [2.24, 2.45) is 5.92 Å². The number of benzene rings is 1. The van der Waals surface area contributed by atoms with Crippen LogP contribution in [0.4, 0.5) is 5.69 Å². The molecular formula is C16H22BrNO4Si. The topological polar surface area (TPSA) is 78.8 Å². The summed E-state index contributed by atoms with van der Waals surface area (Å²) in [7, 11) is -2.57. The average Bonchev–Trinajstić information content (AvgIpc) is 2.88. The number of carbonyl (C=O) groups is 1. The molecule has 0 aromatic heterocycles. The van der Waals surface area contributed by atoms with Gasteiger partial charge < -0.3 is 20.0 Å². The lowest BCUT2D eigenvalue weighted by Gasteiger charge is -2.32. The van der Waals surface area contributed by atoms with Crippen LogP contribution >= 0.6 is 15.9 Å². The molecule has 0 bridgehead atoms. The van der Waals surface area contributed by atoms with E-state index in [4.69, 9.17) is 4.74 Å². The van der Waals surface area contributed by atoms with Crippen LogP contribution in [0, 0.1) is 5.92 Å². The molecule has 4 atom stereocenters. The molecular weight excluding hydrogens is 378 g/mol. The third kappa shape index (κ3) is 2.49. The summed E-state index contributed by atoms with van der Waals surface area (Å²) in [4.78, 5) is 23.6. The predicted octanol–water partition coefficient (Wildman–Crippen LogP) is 2.58. The van der Waals surface area contributed by atoms with Gasteiger partial charge in [0.05, 0.1) is 6.10 Å². The van der Waals surface area contributed by atoms with Crippen molar-refractivity contribution in [2.45, 2.75) is 43.7 Å². The van der Waals surface area contributed by atoms with Gasteiger partial charge in [-0.05, 0) is 37.7 Å². The molecule has 0 saturated carbocycles. The van der Waals surface area contributed by atoms with Crippen molar-refractivity contribution in [3.05, 3.63) is 28.2 Å². The number of ether oxygens (including phenoxy) is 1. The second-order valence-corrected chi connectivity index (χ2v) is 11.9. The molecule has 2 aliphatic rings. The highest BCUT2D eigenvalue weighted by atomic mass is 79.9. The van der Waals surface area contributed by atoms with Gasteiger partial charge in [0.15, 0.2) is 13.9 Å². The van der Waals surface area contributed by atoms with E-state index in [1.54, 1.807) is 0 Å². The van der Waals surface area contributed by atoms with E-state index in [0.29, 0.717) is 6.42 Å². The molecule has 1 aromatic carbocycles. The molecule has 3 rings (SSSR count). The van der Waals surface area contributed by atoms with Crippen LogP contribution in [0.1, 0.15) is 18.9 Å². The monoisotopic (exact) mass is 399 g/mol. The number of fused-ring (bicyclic) bond motifs is 2. The Hall–Kier alpha value is -0.733. The van der Waals surface area contributed by atoms with Crippen LogP contribution in [-0.2, 0) is 15.1 Å². The summed E-state index contributed by atoms with van der Waals surface area (Å²) in [6, 6.07) is 5.65. The summed E-state index contributed by atoms with van der Waals surface area (Å²) in [6.07, 6.45) is 0.0991. The maximum atomic E-state index is 12.8. The SMILES string of the molecule is C[C@H]1[C@H]([Si](C)(C)O)[C@@H](CCO)O[C@]12C(=O)Nc1ccc(Br)cc12. The standard InChI is InChI=1S/C16H22BrNO4Si/c1-9-14(23(2,3)21)13(6-7-19)22-16(9)11-8-10(17)4-5-12(11)18-15(16)20/h4-5,8-9,13-14,19,21H,6-7H2,1-3H3,(H,18,20)/t9-,13+,14-,16+/m0/s1. The summed E-state index contributed by atoms with van der Waals surface area (Å²) in [5.74, 6) is -0.344. The zero-order chi connectivity index (χ0) is 17.0. The van der Waals surface area contributed by atoms with E-state index >= 15 is 0 Å². The maximum Gasteiger partial charge on any atom is 0.261 e. The zero-order valence-corrected chi connectivity index (χ0v) is 16.1. The smallest absolute Gasteiger partial charge is 0.261 e. The first-order chi connectivity index (χ1) is 10.7. The number of aliphatic hydroxyl groups excluding tert-OH is 1. The minimum atomic E-state index is -2.57. The van der Waals surface area contributed by atoms with Crippen molar-refractivity contribution in [3.63, 3.8) is 0 Å². The Morgan fingerprint density at radius 1 is 1.43 bits per heavy atom. The van der Waals surface area contributed by atoms with Gasteiger partial charge in [-0.1, -0.05) is 22.9 Å². The number of amides is 1. The summed E-state index contributed by atoms with van der Waals surface area (Å²) >= 11 is 3.46. The third-order valence-electron chi connectivity index (χ3n) is 5.11. The minimum Gasteiger partial charge on any atom is -0.432 e. The number of hydrogen-bond acceptors (Lipinski definition) is 4. The molecule has 1 amide bonds. The number of carbonyl (C=O) groups excluding carboxylic acids is 1. The molecule has 126 valence electrons. The molecule has 0 aliphatic carbocycles. The quantitative estimate of drug-likeness (QED) is 0.682. The van der Waals surface area contributed by atoms with Crippen molar-refractivity contribution < 1.29 is 19.4 Å². The fourth-order valence-corrected chi connectivity index (χ4v) is 7.23. The molecule has 1 aromatic rings. The number of halogens is 1. The summed E-state index contributed by atoms with van der Waals surface area (Å²) in [5.41, 5.74) is 0.362. The minimum absolute atomic E-state index is 0.0264. The highest BCUT2D eigenvalue weighted by molar-refractivity contribution is 9.10. The molecule has 1 spiro atoms. The molecule has 1 saturated heterocycles. The third-order valence-corrected chi connectivity index (χ3v) is 8.11. The number of anilines is 1. The Labute approximate surface area is 145 Å². The molecule has 0 radical (unpaired) electrons. The van der Waals surface area contributed by atoms with Gasteiger partial charge in [0.2, 0.25) is 0 Å². The molecule has 5 nitrogen and oxygen atoms in total. The first kappa shape index (κ1) is 17.1. The molecule has 2 heterocycles. The number of nitrogens with one attached hydrogen (secondary N) is 1. The normalized spacial score (nSPS) is 33.1. The van der Waals surface area contributed by atoms with Crippen molar-refractivity contribution in [2.75, 3.05) is 11.9 Å². The van der Waals surface area contributed by atoms with E-state index in [1.807, 2.05) is 38.2 Å². The van der Waals surface area contributed by atoms with Crippen LogP contribution in [0.2, 0.25) is 18.6 Å². The number of hydrogen-bond donors (Lipinski definition) is 3. The maximum absolute atomic E-state index is 12.8. The van der Waals surface area contributed by atoms with Gasteiger partial charge in [0.25, 0.3) is 5.91 Å². The van der Waals surface area contributed by atoms with Gasteiger partial charge in [-0.25, -0.2) is 0 Å². The molecule has 1 fully saturated rings. The van der Waals surface area contributed by atoms with E-state index < -0.39 is 13.9 Å². The number of rotatable bonds is 3. The van der Waals surface area contributed by atoms with E-state index in [9.17, 15) is 14.7 Å². The van der Waals surface area contributed by atoms with Crippen molar-refractivity contribution in [1.29, 1.82) is 0 Å². The first-order valence-corrected chi connectivity index (χ1v) is 11.7. The van der Waals surface area contributed by atoms with Crippen LogP contribution in [0.3, 0.4) is 0 Å². The van der Waals surface area contributed by atoms with Gasteiger partial charge in [0.1, 0.15) is 0 Å². The lowest BCUT2D eigenvalue weighted by molar-refractivity contribution is -0.143. The summed E-state index contributed by atoms with van der Waals surface area (Å²) < 4.78 is 7.16. The Kier molecular flexibility index (Phi) is 4.21. The van der Waals surface area contributed by atoms with Gasteiger partial charge >= 0.3 is 0 Å². The molecule has 23 heavy (non-hydrogen) atoms. The van der Waals surface area contributed by atoms with E-state index in [-0.39, 0.29) is 30.1 Å². The lowest BCUT2D eigenvalue weighted by Crippen LogP contribution is -2.43. The molecule has 3 N–H and O–H groups in total. The number of aliphatic hydroxyl groups is 1. The van der Waals surface area contributed by atoms with Crippen LogP contribution < -0.4 is 5.32 Å². The molecule has 7 heteroatoms. The summed E-state index contributed by atoms with van der Waals surface area (Å²) in [5, 5.41) is 12.3. The second kappa shape index (κ2) is 5.67. The van der Waals surface area contributed by atoms with E-state index in [0.717, 1.165) is 15.7 Å². The largest absolute Gasteiger partial charge is 0.432 e. The van der Waals surface area contributed by atoms with Crippen LogP contribution in [0.25, 0.3) is 0 Å². The van der Waals surface area contributed by atoms with Crippen LogP contribution in [0.5, 0.6) is 0 Å². The van der Waals surface area contributed by atoms with Gasteiger partial charge in [-0.15, -0.1) is 0 Å². The predicted molar refractivity (Wildman–Crippen MR) is 93.6 cm³/mol. The van der Waals surface area contributed by atoms with Gasteiger partial charge in [-0.3, -0.25) is 4.79 Å². The Bertz CT molecular complexity index is 647. The van der Waals surface area contributed by atoms with Crippen molar-refractivity contribution >= 4 is 35.8 Å². The Morgan fingerprint density at radius 2 is 2.13 bits per heavy atom. The molecule has 2 aliphatic heterocycles. The highest BCUT2D eigenvalue weighted by Crippen LogP contribution is 2.58. The highest BCUT2D eigenvalue weighted by Gasteiger charge is 2.64. The summed E-state index contributed by atoms with van der Waals surface area (Å²) in [6.45, 7) is 5.69. The zero-order valence-electron chi connectivity index (χ0n) is 13.5. The van der Waals surface area contributed by atoms with E-state index in [2.05, 4.69) is 21.2 Å². The molecule has 0 unspecified atom stereocenters. The average molecular weight is 400 g/mol. The van der Waals surface area contributed by atoms with Crippen molar-refractivity contribution in [3.8, 4) is 0 Å². The lowest BCUT2D eigenvalue weighted by atomic mass is 9.82.